The molecule has 1 saturated heterocycles. The Morgan fingerprint density at radius 2 is 1.96 bits per heavy atom. The van der Waals surface area contributed by atoms with Crippen molar-refractivity contribution in [1.82, 2.24) is 25.2 Å². The van der Waals surface area contributed by atoms with E-state index in [1.807, 2.05) is 11.9 Å². The lowest BCUT2D eigenvalue weighted by Crippen LogP contribution is -2.33. The highest BCUT2D eigenvalue weighted by Crippen LogP contribution is 2.24. The number of rotatable bonds is 7. The summed E-state index contributed by atoms with van der Waals surface area (Å²) in [6.07, 6.45) is 2.90. The van der Waals surface area contributed by atoms with E-state index in [0.717, 1.165) is 37.9 Å². The number of amides is 2. The lowest BCUT2D eigenvalue weighted by atomic mass is 10.4. The van der Waals surface area contributed by atoms with Gasteiger partial charge in [0, 0.05) is 26.2 Å². The summed E-state index contributed by atoms with van der Waals surface area (Å²) in [6.45, 7) is 7.96. The number of carbonyl (C=O) groups excluding carboxylic acids is 2. The van der Waals surface area contributed by atoms with E-state index in [4.69, 9.17) is 0 Å². The molecule has 0 unspecified atom stereocenters. The van der Waals surface area contributed by atoms with Gasteiger partial charge in [0.2, 0.25) is 5.95 Å². The van der Waals surface area contributed by atoms with E-state index in [1.165, 1.54) is 12.4 Å². The molecule has 8 nitrogen and oxygen atoms in total. The fourth-order valence-electron chi connectivity index (χ4n) is 2.02. The van der Waals surface area contributed by atoms with Gasteiger partial charge in [0.15, 0.2) is 5.82 Å². The molecule has 1 aromatic rings. The van der Waals surface area contributed by atoms with E-state index in [2.05, 4.69) is 39.0 Å². The maximum absolute atomic E-state index is 11.5. The van der Waals surface area contributed by atoms with Crippen molar-refractivity contribution in [2.45, 2.75) is 13.8 Å². The lowest BCUT2D eigenvalue weighted by molar-refractivity contribution is -0.115. The molecular weight excluding hydrogens is 316 g/mol. The van der Waals surface area contributed by atoms with Crippen molar-refractivity contribution in [1.29, 1.82) is 0 Å². The summed E-state index contributed by atoms with van der Waals surface area (Å²) in [4.78, 5) is 39.8. The first kappa shape index (κ1) is 17.4. The van der Waals surface area contributed by atoms with Gasteiger partial charge < -0.3 is 9.80 Å². The molecule has 2 heterocycles. The van der Waals surface area contributed by atoms with Crippen molar-refractivity contribution in [2.24, 2.45) is 0 Å². The summed E-state index contributed by atoms with van der Waals surface area (Å²) >= 11 is 0.844. The third kappa shape index (κ3) is 4.73. The molecule has 0 spiro atoms. The van der Waals surface area contributed by atoms with Gasteiger partial charge in [0.05, 0.1) is 4.91 Å². The predicted molar refractivity (Wildman–Crippen MR) is 90.0 cm³/mol. The molecule has 0 radical (unpaired) electrons. The summed E-state index contributed by atoms with van der Waals surface area (Å²) in [5.74, 6) is 0.475. The molecule has 1 aliphatic heterocycles. The Morgan fingerprint density at radius 3 is 2.57 bits per heavy atom. The van der Waals surface area contributed by atoms with Crippen LogP contribution >= 0.6 is 11.8 Å². The second-order valence-corrected chi connectivity index (χ2v) is 5.96. The van der Waals surface area contributed by atoms with Gasteiger partial charge in [-0.2, -0.15) is 4.98 Å². The number of imide groups is 1. The van der Waals surface area contributed by atoms with E-state index in [9.17, 15) is 9.59 Å². The maximum Gasteiger partial charge on any atom is 0.290 e. The summed E-state index contributed by atoms with van der Waals surface area (Å²) < 4.78 is 0. The second-order valence-electron chi connectivity index (χ2n) is 4.94. The molecule has 0 aliphatic carbocycles. The number of likely N-dealkylation sites (N-methyl/N-ethyl adjacent to an activating group) is 2. The van der Waals surface area contributed by atoms with Gasteiger partial charge in [-0.05, 0) is 24.9 Å². The first-order valence-corrected chi connectivity index (χ1v) is 8.22. The largest absolute Gasteiger partial charge is 0.342 e. The molecule has 1 N–H and O–H groups in total. The number of nitrogens with zero attached hydrogens (tertiary/aromatic N) is 5. The predicted octanol–water partition coefficient (Wildman–Crippen LogP) is 0.973. The monoisotopic (exact) mass is 336 g/mol. The Hall–Kier alpha value is -2.00. The highest BCUT2D eigenvalue weighted by Gasteiger charge is 2.25. The van der Waals surface area contributed by atoms with Crippen LogP contribution in [0.5, 0.6) is 0 Å². The van der Waals surface area contributed by atoms with Crippen molar-refractivity contribution in [3.63, 3.8) is 0 Å². The van der Waals surface area contributed by atoms with E-state index in [0.29, 0.717) is 11.8 Å². The molecule has 0 aromatic carbocycles. The molecular formula is C14H20N6O2S. The van der Waals surface area contributed by atoms with Gasteiger partial charge in [0.1, 0.15) is 6.33 Å². The van der Waals surface area contributed by atoms with Crippen LogP contribution in [0.15, 0.2) is 11.2 Å². The number of hydrogen-bond donors (Lipinski definition) is 1. The van der Waals surface area contributed by atoms with Crippen molar-refractivity contribution in [3.05, 3.63) is 17.1 Å². The minimum Gasteiger partial charge on any atom is -0.342 e. The molecule has 23 heavy (non-hydrogen) atoms. The van der Waals surface area contributed by atoms with Gasteiger partial charge in [0.25, 0.3) is 11.1 Å². The molecule has 1 aliphatic rings. The third-order valence-electron chi connectivity index (χ3n) is 3.47. The average molecular weight is 336 g/mol. The minimum atomic E-state index is -0.420. The topological polar surface area (TPSA) is 91.3 Å². The molecule has 0 bridgehead atoms. The Bertz CT molecular complexity index is 617. The van der Waals surface area contributed by atoms with E-state index in [1.54, 1.807) is 0 Å². The first-order chi connectivity index (χ1) is 11.0. The number of anilines is 1. The molecule has 0 atom stereocenters. The number of carbonyl (C=O) groups is 2. The van der Waals surface area contributed by atoms with Crippen LogP contribution in [0.2, 0.25) is 0 Å². The number of hydrogen-bond acceptors (Lipinski definition) is 8. The van der Waals surface area contributed by atoms with Crippen LogP contribution in [0.1, 0.15) is 19.7 Å². The van der Waals surface area contributed by atoms with Crippen LogP contribution in [-0.4, -0.2) is 64.2 Å². The number of aromatic nitrogens is 3. The highest BCUT2D eigenvalue weighted by molar-refractivity contribution is 8.18. The van der Waals surface area contributed by atoms with Crippen LogP contribution in [0.4, 0.5) is 10.7 Å². The minimum absolute atomic E-state index is 0.290. The first-order valence-electron chi connectivity index (χ1n) is 7.40. The van der Waals surface area contributed by atoms with Gasteiger partial charge >= 0.3 is 0 Å². The highest BCUT2D eigenvalue weighted by atomic mass is 32.2. The van der Waals surface area contributed by atoms with E-state index < -0.39 is 5.91 Å². The smallest absolute Gasteiger partial charge is 0.290 e. The van der Waals surface area contributed by atoms with Crippen LogP contribution in [0.25, 0.3) is 6.08 Å². The molecule has 2 rings (SSSR count). The van der Waals surface area contributed by atoms with Crippen molar-refractivity contribution < 1.29 is 9.59 Å². The lowest BCUT2D eigenvalue weighted by Gasteiger charge is -2.23. The van der Waals surface area contributed by atoms with Crippen LogP contribution in [-0.2, 0) is 4.79 Å². The SMILES string of the molecule is CCN(CC)CCN(C)c1ncnc(C=C2SC(=O)NC2=O)n1. The van der Waals surface area contributed by atoms with Crippen molar-refractivity contribution in [2.75, 3.05) is 38.1 Å². The maximum atomic E-state index is 11.5. The van der Waals surface area contributed by atoms with Crippen LogP contribution < -0.4 is 10.2 Å². The van der Waals surface area contributed by atoms with E-state index in [-0.39, 0.29) is 10.1 Å². The van der Waals surface area contributed by atoms with Crippen molar-refractivity contribution in [3.8, 4) is 0 Å². The molecule has 0 saturated carbocycles. The van der Waals surface area contributed by atoms with Crippen LogP contribution in [0, 0.1) is 0 Å². The quantitative estimate of drug-likeness (QED) is 0.737. The summed E-state index contributed by atoms with van der Waals surface area (Å²) in [6, 6.07) is 0. The fourth-order valence-corrected chi connectivity index (χ4v) is 2.67. The standard InChI is InChI=1S/C14H20N6O2S/c1-4-20(5-2)7-6-19(3)13-16-9-15-11(17-13)8-10-12(21)18-14(22)23-10/h8-9H,4-7H2,1-3H3,(H,18,21,22). The molecule has 9 heteroatoms. The normalized spacial score (nSPS) is 16.3. The number of nitrogens with one attached hydrogen (secondary N) is 1. The van der Waals surface area contributed by atoms with Crippen molar-refractivity contribution >= 4 is 34.9 Å². The Morgan fingerprint density at radius 1 is 1.22 bits per heavy atom. The van der Waals surface area contributed by atoms with Gasteiger partial charge in [-0.25, -0.2) is 9.97 Å². The summed E-state index contributed by atoms with van der Waals surface area (Å²) in [5.41, 5.74) is 0. The van der Waals surface area contributed by atoms with Gasteiger partial charge in [-0.1, -0.05) is 13.8 Å². The average Bonchev–Trinajstić information content (AvgIpc) is 2.86. The van der Waals surface area contributed by atoms with Gasteiger partial charge in [-0.15, -0.1) is 0 Å². The zero-order chi connectivity index (χ0) is 16.8. The third-order valence-corrected chi connectivity index (χ3v) is 4.28. The van der Waals surface area contributed by atoms with Gasteiger partial charge in [-0.3, -0.25) is 14.9 Å². The second kappa shape index (κ2) is 8.02. The molecule has 124 valence electrons. The van der Waals surface area contributed by atoms with Crippen LogP contribution in [0.3, 0.4) is 0 Å². The summed E-state index contributed by atoms with van der Waals surface area (Å²) in [5, 5.41) is 1.82. The number of thioether (sulfide) groups is 1. The zero-order valence-corrected chi connectivity index (χ0v) is 14.3. The molecule has 1 fully saturated rings. The summed E-state index contributed by atoms with van der Waals surface area (Å²) in [7, 11) is 1.91. The Balaban J connectivity index is 2.06. The van der Waals surface area contributed by atoms with E-state index >= 15 is 0 Å². The Labute approximate surface area is 139 Å². The Kier molecular flexibility index (Phi) is 6.05. The molecule has 1 aromatic heterocycles. The molecule has 2 amide bonds. The zero-order valence-electron chi connectivity index (χ0n) is 13.4. The fraction of sp³-hybridized carbons (Fsp3) is 0.500.